The summed E-state index contributed by atoms with van der Waals surface area (Å²) in [4.78, 5) is 0. The minimum Gasteiger partial charge on any atom is -0.382 e. The third kappa shape index (κ3) is 2.55. The number of rotatable bonds is 4. The Morgan fingerprint density at radius 1 is 1.05 bits per heavy atom. The molecule has 0 unspecified atom stereocenters. The Kier molecular flexibility index (Phi) is 3.36. The molecule has 0 aliphatic carbocycles. The van der Waals surface area contributed by atoms with E-state index in [4.69, 9.17) is 9.47 Å². The van der Waals surface area contributed by atoms with Crippen LogP contribution < -0.4 is 0 Å². The van der Waals surface area contributed by atoms with Gasteiger partial charge >= 0.3 is 0 Å². The van der Waals surface area contributed by atoms with Crippen molar-refractivity contribution in [2.45, 2.75) is 19.1 Å². The highest BCUT2D eigenvalue weighted by Gasteiger charge is 2.39. The van der Waals surface area contributed by atoms with E-state index in [9.17, 15) is 0 Å². The van der Waals surface area contributed by atoms with Gasteiger partial charge in [-0.15, -0.1) is 0 Å². The zero-order chi connectivity index (χ0) is 13.2. The van der Waals surface area contributed by atoms with Crippen LogP contribution in [0.5, 0.6) is 0 Å². The van der Waals surface area contributed by atoms with Crippen molar-refractivity contribution in [3.63, 3.8) is 0 Å². The maximum Gasteiger partial charge on any atom is 0.112 e. The van der Waals surface area contributed by atoms with Crippen LogP contribution in [0.3, 0.4) is 0 Å². The quantitative estimate of drug-likeness (QED) is 0.775. The van der Waals surface area contributed by atoms with Crippen molar-refractivity contribution >= 4 is 0 Å². The molecular weight excluding hydrogens is 236 g/mol. The van der Waals surface area contributed by atoms with Crippen molar-refractivity contribution in [1.29, 1.82) is 0 Å². The zero-order valence-electron chi connectivity index (χ0n) is 11.3. The van der Waals surface area contributed by atoms with Crippen molar-refractivity contribution in [3.05, 3.63) is 59.7 Å². The van der Waals surface area contributed by atoms with Gasteiger partial charge in [0.15, 0.2) is 0 Å². The van der Waals surface area contributed by atoms with Crippen LogP contribution in [0.2, 0.25) is 0 Å². The van der Waals surface area contributed by atoms with Gasteiger partial charge in [-0.1, -0.05) is 48.5 Å². The number of ether oxygens (including phenoxy) is 2. The minimum absolute atomic E-state index is 0.214. The first kappa shape index (κ1) is 12.4. The summed E-state index contributed by atoms with van der Waals surface area (Å²) in [5.41, 5.74) is 5.08. The second kappa shape index (κ2) is 5.16. The largest absolute Gasteiger partial charge is 0.382 e. The average Bonchev–Trinajstić information content (AvgIpc) is 3.19. The molecule has 2 nitrogen and oxygen atoms in total. The van der Waals surface area contributed by atoms with Crippen molar-refractivity contribution in [1.82, 2.24) is 0 Å². The van der Waals surface area contributed by atoms with Gasteiger partial charge in [0.1, 0.15) is 12.2 Å². The van der Waals surface area contributed by atoms with Crippen LogP contribution in [0.4, 0.5) is 0 Å². The van der Waals surface area contributed by atoms with E-state index in [0.717, 1.165) is 0 Å². The van der Waals surface area contributed by atoms with E-state index in [1.165, 1.54) is 22.3 Å². The van der Waals surface area contributed by atoms with Crippen molar-refractivity contribution < 1.29 is 9.47 Å². The van der Waals surface area contributed by atoms with Gasteiger partial charge in [-0.3, -0.25) is 0 Å². The van der Waals surface area contributed by atoms with Crippen LogP contribution in [0.1, 0.15) is 17.2 Å². The number of benzene rings is 2. The van der Waals surface area contributed by atoms with Gasteiger partial charge in [0.25, 0.3) is 0 Å². The highest BCUT2D eigenvalue weighted by molar-refractivity contribution is 5.67. The summed E-state index contributed by atoms with van der Waals surface area (Å²) in [6.07, 6.45) is 0.445. The van der Waals surface area contributed by atoms with Crippen molar-refractivity contribution in [2.75, 3.05) is 13.7 Å². The Labute approximate surface area is 114 Å². The molecule has 0 bridgehead atoms. The first-order chi connectivity index (χ1) is 9.29. The number of epoxide rings is 1. The lowest BCUT2D eigenvalue weighted by molar-refractivity contribution is 0.171. The van der Waals surface area contributed by atoms with E-state index in [-0.39, 0.29) is 12.2 Å². The Morgan fingerprint density at radius 3 is 2.47 bits per heavy atom. The lowest BCUT2D eigenvalue weighted by Gasteiger charge is -2.06. The van der Waals surface area contributed by atoms with Crippen LogP contribution in [0.25, 0.3) is 11.1 Å². The maximum atomic E-state index is 5.59. The first-order valence-corrected chi connectivity index (χ1v) is 6.60. The van der Waals surface area contributed by atoms with Crippen LogP contribution in [-0.4, -0.2) is 19.8 Å². The molecule has 1 aliphatic rings. The summed E-state index contributed by atoms with van der Waals surface area (Å²) >= 11 is 0. The van der Waals surface area contributed by atoms with E-state index in [0.29, 0.717) is 6.61 Å². The van der Waals surface area contributed by atoms with Crippen molar-refractivity contribution in [3.8, 4) is 11.1 Å². The van der Waals surface area contributed by atoms with Gasteiger partial charge in [0.2, 0.25) is 0 Å². The fraction of sp³-hybridized carbons (Fsp3) is 0.294. The summed E-state index contributed by atoms with van der Waals surface area (Å²) in [6, 6.07) is 17.1. The van der Waals surface area contributed by atoms with Gasteiger partial charge in [0, 0.05) is 7.11 Å². The lowest BCUT2D eigenvalue weighted by atomic mass is 9.99. The molecule has 98 valence electrons. The molecule has 2 aromatic carbocycles. The third-order valence-electron chi connectivity index (χ3n) is 3.61. The molecule has 2 atom stereocenters. The predicted octanol–water partition coefficient (Wildman–Crippen LogP) is 3.75. The fourth-order valence-corrected chi connectivity index (χ4v) is 2.48. The van der Waals surface area contributed by atoms with Gasteiger partial charge in [-0.05, 0) is 29.2 Å². The summed E-state index contributed by atoms with van der Waals surface area (Å²) in [6.45, 7) is 2.81. The van der Waals surface area contributed by atoms with Gasteiger partial charge in [-0.2, -0.15) is 0 Å². The highest BCUT2D eigenvalue weighted by atomic mass is 16.6. The minimum atomic E-state index is 0.214. The fourth-order valence-electron chi connectivity index (χ4n) is 2.48. The van der Waals surface area contributed by atoms with E-state index >= 15 is 0 Å². The predicted molar refractivity (Wildman–Crippen MR) is 76.1 cm³/mol. The SMILES string of the molecule is COC[C@@H]1O[C@@H]1c1ccc(-c2ccccc2C)cc1. The Balaban J connectivity index is 1.79. The lowest BCUT2D eigenvalue weighted by Crippen LogP contribution is -1.98. The molecule has 0 spiro atoms. The smallest absolute Gasteiger partial charge is 0.112 e. The van der Waals surface area contributed by atoms with E-state index in [2.05, 4.69) is 55.5 Å². The van der Waals surface area contributed by atoms with Crippen LogP contribution >= 0.6 is 0 Å². The molecular formula is C17H18O2. The van der Waals surface area contributed by atoms with Gasteiger partial charge < -0.3 is 9.47 Å². The van der Waals surface area contributed by atoms with Crippen LogP contribution in [-0.2, 0) is 9.47 Å². The molecule has 1 fully saturated rings. The summed E-state index contributed by atoms with van der Waals surface area (Å²) in [7, 11) is 1.71. The van der Waals surface area contributed by atoms with E-state index in [1.807, 2.05) is 0 Å². The molecule has 2 aromatic rings. The molecule has 3 rings (SSSR count). The normalized spacial score (nSPS) is 21.4. The molecule has 0 amide bonds. The summed E-state index contributed by atoms with van der Waals surface area (Å²) < 4.78 is 10.7. The standard InChI is InChI=1S/C17H18O2/c1-12-5-3-4-6-15(12)13-7-9-14(10-8-13)17-16(19-17)11-18-2/h3-10,16-17H,11H2,1-2H3/t16-,17+/m0/s1. The molecule has 0 aromatic heterocycles. The zero-order valence-corrected chi connectivity index (χ0v) is 11.3. The molecule has 0 radical (unpaired) electrons. The number of hydrogen-bond acceptors (Lipinski definition) is 2. The number of methoxy groups -OCH3 is 1. The van der Waals surface area contributed by atoms with Crippen LogP contribution in [0, 0.1) is 6.92 Å². The Morgan fingerprint density at radius 2 is 1.79 bits per heavy atom. The van der Waals surface area contributed by atoms with Crippen molar-refractivity contribution in [2.24, 2.45) is 0 Å². The third-order valence-corrected chi connectivity index (χ3v) is 3.61. The molecule has 19 heavy (non-hydrogen) atoms. The molecule has 2 heteroatoms. The monoisotopic (exact) mass is 254 g/mol. The van der Waals surface area contributed by atoms with E-state index < -0.39 is 0 Å². The first-order valence-electron chi connectivity index (χ1n) is 6.60. The molecule has 1 heterocycles. The number of hydrogen-bond donors (Lipinski definition) is 0. The Bertz CT molecular complexity index is 560. The highest BCUT2D eigenvalue weighted by Crippen LogP contribution is 2.39. The summed E-state index contributed by atoms with van der Waals surface area (Å²) in [5, 5.41) is 0. The average molecular weight is 254 g/mol. The van der Waals surface area contributed by atoms with Gasteiger partial charge in [0.05, 0.1) is 6.61 Å². The molecule has 1 aliphatic heterocycles. The van der Waals surface area contributed by atoms with E-state index in [1.54, 1.807) is 7.11 Å². The molecule has 0 N–H and O–H groups in total. The molecule has 0 saturated carbocycles. The Hall–Kier alpha value is -1.64. The van der Waals surface area contributed by atoms with Gasteiger partial charge in [-0.25, -0.2) is 0 Å². The topological polar surface area (TPSA) is 21.8 Å². The second-order valence-corrected chi connectivity index (χ2v) is 4.99. The maximum absolute atomic E-state index is 5.59. The summed E-state index contributed by atoms with van der Waals surface area (Å²) in [5.74, 6) is 0. The number of aryl methyl sites for hydroxylation is 1. The van der Waals surface area contributed by atoms with Crippen LogP contribution in [0.15, 0.2) is 48.5 Å². The second-order valence-electron chi connectivity index (χ2n) is 4.99. The molecule has 1 saturated heterocycles.